The molecule has 4 fully saturated rings. The molecule has 3 aliphatic heterocycles. The van der Waals surface area contributed by atoms with Gasteiger partial charge in [0.2, 0.25) is 11.8 Å². The van der Waals surface area contributed by atoms with Gasteiger partial charge in [-0.05, 0) is 127 Å². The zero-order valence-electron chi connectivity index (χ0n) is 37.4. The fraction of sp³-hybridized carbons (Fsp3) is 0.531. The SMILES string of the molecule is COc1cc2nn(C3CCC(CN4CCC(OC5CCC(CNc6cccc7c6C(=O)N(C6CCC(=O)NC6=O)C7=O)CC5)CC4)CC3)cc2cc1NC(=O)c1cccc(C(C)(C)F)n1. The maximum atomic E-state index is 14.5. The number of carbonyl (C=O) groups excluding carboxylic acids is 5. The summed E-state index contributed by atoms with van der Waals surface area (Å²) in [7, 11) is 1.56. The van der Waals surface area contributed by atoms with E-state index < -0.39 is 41.2 Å². The first-order valence-corrected chi connectivity index (χ1v) is 23.3. The summed E-state index contributed by atoms with van der Waals surface area (Å²) in [5.41, 5.74) is 1.13. The molecule has 5 heterocycles. The molecule has 0 radical (unpaired) electrons. The third kappa shape index (κ3) is 9.65. The highest BCUT2D eigenvalue weighted by Gasteiger charge is 2.45. The molecule has 344 valence electrons. The highest BCUT2D eigenvalue weighted by atomic mass is 19.1. The number of likely N-dealkylation sites (tertiary alicyclic amines) is 1. The number of halogens is 1. The van der Waals surface area contributed by atoms with Crippen LogP contribution in [0.3, 0.4) is 0 Å². The topological polar surface area (TPSA) is 177 Å². The van der Waals surface area contributed by atoms with Crippen LogP contribution >= 0.6 is 0 Å². The lowest BCUT2D eigenvalue weighted by molar-refractivity contribution is -0.136. The van der Waals surface area contributed by atoms with E-state index in [1.807, 2.05) is 18.2 Å². The second-order valence-electron chi connectivity index (χ2n) is 19.1. The van der Waals surface area contributed by atoms with Crippen molar-refractivity contribution in [1.29, 1.82) is 0 Å². The van der Waals surface area contributed by atoms with E-state index in [4.69, 9.17) is 14.6 Å². The van der Waals surface area contributed by atoms with Gasteiger partial charge in [0.25, 0.3) is 17.7 Å². The van der Waals surface area contributed by atoms with Crippen LogP contribution in [0.4, 0.5) is 15.8 Å². The molecule has 0 bridgehead atoms. The Balaban J connectivity index is 0.694. The van der Waals surface area contributed by atoms with E-state index in [2.05, 4.69) is 36.7 Å². The maximum Gasteiger partial charge on any atom is 0.274 e. The van der Waals surface area contributed by atoms with Crippen LogP contribution in [-0.4, -0.2) is 106 Å². The normalized spacial score (nSPS) is 24.6. The van der Waals surface area contributed by atoms with Crippen LogP contribution in [-0.2, 0) is 20.0 Å². The third-order valence-corrected chi connectivity index (χ3v) is 14.2. The van der Waals surface area contributed by atoms with Crippen molar-refractivity contribution in [2.45, 2.75) is 121 Å². The number of rotatable bonds is 13. The number of imide groups is 2. The number of amides is 5. The average Bonchev–Trinajstić information content (AvgIpc) is 3.83. The number of fused-ring (bicyclic) bond motifs is 2. The Morgan fingerprint density at radius 2 is 1.58 bits per heavy atom. The molecule has 15 nitrogen and oxygen atoms in total. The zero-order chi connectivity index (χ0) is 45.4. The Morgan fingerprint density at radius 3 is 2.31 bits per heavy atom. The molecule has 2 saturated heterocycles. The van der Waals surface area contributed by atoms with Crippen molar-refractivity contribution in [3.63, 3.8) is 0 Å². The van der Waals surface area contributed by atoms with E-state index in [1.54, 1.807) is 37.4 Å². The molecule has 2 aliphatic carbocycles. The van der Waals surface area contributed by atoms with Gasteiger partial charge in [-0.3, -0.25) is 38.9 Å². The van der Waals surface area contributed by atoms with Gasteiger partial charge in [0, 0.05) is 55.9 Å². The highest BCUT2D eigenvalue weighted by molar-refractivity contribution is 6.25. The number of alkyl halides is 1. The minimum atomic E-state index is -1.67. The summed E-state index contributed by atoms with van der Waals surface area (Å²) in [6, 6.07) is 13.0. The Morgan fingerprint density at radius 1 is 0.862 bits per heavy atom. The number of aromatic nitrogens is 3. The molecule has 16 heteroatoms. The summed E-state index contributed by atoms with van der Waals surface area (Å²) in [5, 5.41) is 14.4. The van der Waals surface area contributed by atoms with Gasteiger partial charge in [-0.2, -0.15) is 5.10 Å². The number of nitrogens with zero attached hydrogens (tertiary/aromatic N) is 5. The summed E-state index contributed by atoms with van der Waals surface area (Å²) in [6.45, 7) is 6.71. The van der Waals surface area contributed by atoms with Crippen molar-refractivity contribution in [1.82, 2.24) is 29.9 Å². The number of anilines is 2. The van der Waals surface area contributed by atoms with Gasteiger partial charge < -0.3 is 25.0 Å². The minimum Gasteiger partial charge on any atom is -0.494 e. The average molecular weight is 891 g/mol. The van der Waals surface area contributed by atoms with E-state index in [9.17, 15) is 28.4 Å². The zero-order valence-corrected chi connectivity index (χ0v) is 37.4. The monoisotopic (exact) mass is 890 g/mol. The molecule has 1 unspecified atom stereocenters. The molecule has 1 atom stereocenters. The molecule has 4 aromatic rings. The molecule has 5 aliphatic rings. The van der Waals surface area contributed by atoms with E-state index in [0.29, 0.717) is 47.1 Å². The number of carbonyl (C=O) groups is 5. The van der Waals surface area contributed by atoms with Crippen molar-refractivity contribution in [3.05, 3.63) is 77.2 Å². The van der Waals surface area contributed by atoms with Gasteiger partial charge in [0.05, 0.1) is 53.4 Å². The number of pyridine rings is 1. The summed E-state index contributed by atoms with van der Waals surface area (Å²) in [6.07, 6.45) is 13.3. The van der Waals surface area contributed by atoms with E-state index in [1.165, 1.54) is 13.8 Å². The second-order valence-corrected chi connectivity index (χ2v) is 19.1. The number of piperidine rings is 2. The van der Waals surface area contributed by atoms with E-state index in [-0.39, 0.29) is 42.0 Å². The molecule has 2 aromatic heterocycles. The molecule has 2 saturated carbocycles. The van der Waals surface area contributed by atoms with Crippen LogP contribution in [0.1, 0.15) is 134 Å². The molecule has 65 heavy (non-hydrogen) atoms. The third-order valence-electron chi connectivity index (χ3n) is 14.2. The summed E-state index contributed by atoms with van der Waals surface area (Å²) in [4.78, 5) is 72.0. The predicted octanol–water partition coefficient (Wildman–Crippen LogP) is 7.18. The number of benzene rings is 2. The molecule has 5 amide bonds. The predicted molar refractivity (Wildman–Crippen MR) is 242 cm³/mol. The van der Waals surface area contributed by atoms with Crippen LogP contribution in [0.15, 0.2) is 54.7 Å². The van der Waals surface area contributed by atoms with Crippen molar-refractivity contribution in [3.8, 4) is 5.75 Å². The molecule has 2 aromatic carbocycles. The number of hydrogen-bond acceptors (Lipinski definition) is 11. The van der Waals surface area contributed by atoms with Gasteiger partial charge in [-0.25, -0.2) is 9.37 Å². The van der Waals surface area contributed by atoms with E-state index >= 15 is 0 Å². The smallest absolute Gasteiger partial charge is 0.274 e. The largest absolute Gasteiger partial charge is 0.494 e. The van der Waals surface area contributed by atoms with Crippen LogP contribution in [0.2, 0.25) is 0 Å². The summed E-state index contributed by atoms with van der Waals surface area (Å²) < 4.78 is 28.9. The van der Waals surface area contributed by atoms with Crippen molar-refractivity contribution in [2.24, 2.45) is 11.8 Å². The molecular formula is C49H59FN8O7. The van der Waals surface area contributed by atoms with Crippen molar-refractivity contribution < 1.29 is 37.8 Å². The second kappa shape index (κ2) is 18.6. The standard InChI is InChI=1S/C49H59FN8O7/c1-49(2,50)42-9-5-8-37(52-42)45(60)53-39-24-31-28-57(55-38(31)25-41(39)64-3)32-14-10-30(11-15-32)27-56-22-20-34(21-23-56)65-33-16-12-29(13-17-33)26-51-36-7-4-6-35-44(36)48(63)58(47(35)62)40-18-19-43(59)54-46(40)61/h4-9,24-25,28-30,32-34,40,51H,10-23,26-27H2,1-3H3,(H,53,60)(H,54,59,61). The first kappa shape index (κ1) is 44.5. The first-order valence-electron chi connectivity index (χ1n) is 23.3. The molecular weight excluding hydrogens is 832 g/mol. The van der Waals surface area contributed by atoms with Crippen LogP contribution in [0.5, 0.6) is 5.75 Å². The highest BCUT2D eigenvalue weighted by Crippen LogP contribution is 2.38. The van der Waals surface area contributed by atoms with Gasteiger partial charge in [0.1, 0.15) is 23.2 Å². The van der Waals surface area contributed by atoms with Gasteiger partial charge in [-0.15, -0.1) is 0 Å². The fourth-order valence-electron chi connectivity index (χ4n) is 10.4. The van der Waals surface area contributed by atoms with Crippen LogP contribution < -0.4 is 20.7 Å². The Kier molecular flexibility index (Phi) is 12.7. The van der Waals surface area contributed by atoms with Crippen LogP contribution in [0, 0.1) is 11.8 Å². The number of nitrogens with one attached hydrogen (secondary N) is 3. The van der Waals surface area contributed by atoms with Gasteiger partial charge in [0.15, 0.2) is 0 Å². The Labute approximate surface area is 378 Å². The fourth-order valence-corrected chi connectivity index (χ4v) is 10.4. The number of hydrogen-bond donors (Lipinski definition) is 3. The number of methoxy groups -OCH3 is 1. The summed E-state index contributed by atoms with van der Waals surface area (Å²) >= 11 is 0. The van der Waals surface area contributed by atoms with Gasteiger partial charge >= 0.3 is 0 Å². The minimum absolute atomic E-state index is 0.0869. The van der Waals surface area contributed by atoms with Crippen molar-refractivity contribution in [2.75, 3.05) is 43.9 Å². The van der Waals surface area contributed by atoms with Crippen molar-refractivity contribution >= 4 is 51.8 Å². The lowest BCUT2D eigenvalue weighted by Gasteiger charge is -2.38. The summed E-state index contributed by atoms with van der Waals surface area (Å²) in [5.74, 6) is -0.891. The van der Waals surface area contributed by atoms with Crippen LogP contribution in [0.25, 0.3) is 10.9 Å². The molecule has 9 rings (SSSR count). The Bertz CT molecular complexity index is 2460. The van der Waals surface area contributed by atoms with E-state index in [0.717, 1.165) is 99.6 Å². The molecule has 0 spiro atoms. The molecule has 3 N–H and O–H groups in total. The maximum absolute atomic E-state index is 14.5. The quantitative estimate of drug-likeness (QED) is 0.116. The lowest BCUT2D eigenvalue weighted by Crippen LogP contribution is -2.54. The Hall–Kier alpha value is -5.74. The number of ether oxygens (including phenoxy) is 2. The lowest BCUT2D eigenvalue weighted by atomic mass is 9.85. The first-order chi connectivity index (χ1) is 31.3. The van der Waals surface area contributed by atoms with Gasteiger partial charge in [-0.1, -0.05) is 12.1 Å².